The van der Waals surface area contributed by atoms with Crippen LogP contribution in [0, 0.1) is 0 Å². The summed E-state index contributed by atoms with van der Waals surface area (Å²) in [5.74, 6) is -2.99. The van der Waals surface area contributed by atoms with Crippen molar-refractivity contribution >= 4 is 18.3 Å². The second-order valence-corrected chi connectivity index (χ2v) is 5.01. The Hall–Kier alpha value is -0.460. The van der Waals surface area contributed by atoms with Crippen LogP contribution in [0.4, 0.5) is 8.78 Å². The molecule has 1 amide bonds. The summed E-state index contributed by atoms with van der Waals surface area (Å²) < 4.78 is 31.6. The molecule has 2 aliphatic heterocycles. The highest BCUT2D eigenvalue weighted by atomic mass is 35.5. The topological polar surface area (TPSA) is 41.6 Å². The monoisotopic (exact) mass is 298 g/mol. The smallest absolute Gasteiger partial charge is 0.262 e. The molecular formula is C12H21ClF2N2O2. The third-order valence-corrected chi connectivity index (χ3v) is 3.55. The van der Waals surface area contributed by atoms with Crippen LogP contribution in [0.1, 0.15) is 26.2 Å². The summed E-state index contributed by atoms with van der Waals surface area (Å²) in [5.41, 5.74) is 0. The molecule has 112 valence electrons. The van der Waals surface area contributed by atoms with E-state index in [0.29, 0.717) is 13.1 Å². The number of halogens is 3. The van der Waals surface area contributed by atoms with Crippen molar-refractivity contribution in [2.24, 2.45) is 0 Å². The molecule has 4 nitrogen and oxygen atoms in total. The number of likely N-dealkylation sites (N-methyl/N-ethyl adjacent to an activating group) is 1. The van der Waals surface area contributed by atoms with Crippen molar-refractivity contribution in [2.45, 2.75) is 44.3 Å². The lowest BCUT2D eigenvalue weighted by Gasteiger charge is -2.26. The van der Waals surface area contributed by atoms with Crippen molar-refractivity contribution < 1.29 is 18.3 Å². The first kappa shape index (κ1) is 16.6. The van der Waals surface area contributed by atoms with Crippen LogP contribution in [-0.2, 0) is 9.53 Å². The lowest BCUT2D eigenvalue weighted by molar-refractivity contribution is -0.135. The van der Waals surface area contributed by atoms with E-state index in [-0.39, 0.29) is 24.4 Å². The zero-order valence-electron chi connectivity index (χ0n) is 11.0. The van der Waals surface area contributed by atoms with E-state index in [1.807, 2.05) is 6.92 Å². The average Bonchev–Trinajstić information content (AvgIpc) is 2.94. The Morgan fingerprint density at radius 2 is 2.26 bits per heavy atom. The number of ether oxygens (including phenoxy) is 1. The molecular weight excluding hydrogens is 278 g/mol. The summed E-state index contributed by atoms with van der Waals surface area (Å²) in [4.78, 5) is 13.7. The average molecular weight is 299 g/mol. The van der Waals surface area contributed by atoms with Crippen LogP contribution in [0.15, 0.2) is 0 Å². The van der Waals surface area contributed by atoms with Crippen LogP contribution in [0.2, 0.25) is 0 Å². The van der Waals surface area contributed by atoms with Gasteiger partial charge in [0.2, 0.25) is 5.91 Å². The molecule has 0 radical (unpaired) electrons. The number of alkyl halides is 2. The highest BCUT2D eigenvalue weighted by Crippen LogP contribution is 2.26. The fourth-order valence-corrected chi connectivity index (χ4v) is 2.52. The summed E-state index contributed by atoms with van der Waals surface area (Å²) in [7, 11) is 0. The van der Waals surface area contributed by atoms with Gasteiger partial charge < -0.3 is 9.64 Å². The zero-order valence-corrected chi connectivity index (χ0v) is 11.8. The molecule has 0 bridgehead atoms. The molecule has 2 saturated heterocycles. The highest BCUT2D eigenvalue weighted by molar-refractivity contribution is 5.85. The third-order valence-electron chi connectivity index (χ3n) is 3.55. The molecule has 1 N–H and O–H groups in total. The molecule has 19 heavy (non-hydrogen) atoms. The summed E-state index contributed by atoms with van der Waals surface area (Å²) >= 11 is 0. The molecule has 0 aliphatic carbocycles. The van der Waals surface area contributed by atoms with Crippen LogP contribution < -0.4 is 5.32 Å². The fourth-order valence-electron chi connectivity index (χ4n) is 2.52. The first-order chi connectivity index (χ1) is 8.52. The van der Waals surface area contributed by atoms with Crippen LogP contribution in [0.3, 0.4) is 0 Å². The molecule has 2 aliphatic rings. The van der Waals surface area contributed by atoms with Crippen molar-refractivity contribution in [3.05, 3.63) is 0 Å². The second-order valence-electron chi connectivity index (χ2n) is 5.01. The summed E-state index contributed by atoms with van der Waals surface area (Å²) in [5, 5.41) is 2.60. The van der Waals surface area contributed by atoms with E-state index in [4.69, 9.17) is 4.74 Å². The Kier molecular flexibility index (Phi) is 5.95. The van der Waals surface area contributed by atoms with Crippen molar-refractivity contribution in [3.8, 4) is 0 Å². The number of nitrogens with one attached hydrogen (secondary N) is 1. The number of rotatable bonds is 4. The van der Waals surface area contributed by atoms with E-state index in [1.54, 1.807) is 4.90 Å². The lowest BCUT2D eigenvalue weighted by Crippen LogP contribution is -2.46. The van der Waals surface area contributed by atoms with Gasteiger partial charge in [-0.1, -0.05) is 0 Å². The van der Waals surface area contributed by atoms with Crippen molar-refractivity contribution in [3.63, 3.8) is 0 Å². The third kappa shape index (κ3) is 4.26. The summed E-state index contributed by atoms with van der Waals surface area (Å²) in [6.45, 7) is 3.23. The summed E-state index contributed by atoms with van der Waals surface area (Å²) in [6, 6.07) is -0.749. The van der Waals surface area contributed by atoms with Gasteiger partial charge in [0.1, 0.15) is 0 Å². The predicted octanol–water partition coefficient (Wildman–Crippen LogP) is 1.43. The first-order valence-electron chi connectivity index (χ1n) is 6.53. The van der Waals surface area contributed by atoms with E-state index in [0.717, 1.165) is 19.4 Å². The van der Waals surface area contributed by atoms with Crippen LogP contribution >= 0.6 is 12.4 Å². The molecule has 0 spiro atoms. The van der Waals surface area contributed by atoms with Crippen LogP contribution in [0.5, 0.6) is 0 Å². The predicted molar refractivity (Wildman–Crippen MR) is 69.8 cm³/mol. The Morgan fingerprint density at radius 3 is 2.74 bits per heavy atom. The molecule has 2 rings (SSSR count). The first-order valence-corrected chi connectivity index (χ1v) is 6.53. The Morgan fingerprint density at radius 1 is 1.53 bits per heavy atom. The molecule has 0 aromatic carbocycles. The van der Waals surface area contributed by atoms with Gasteiger partial charge in [-0.3, -0.25) is 10.1 Å². The van der Waals surface area contributed by atoms with Gasteiger partial charge in [0.25, 0.3) is 5.92 Å². The largest absolute Gasteiger partial charge is 0.376 e. The van der Waals surface area contributed by atoms with Gasteiger partial charge in [-0.05, 0) is 19.8 Å². The SMILES string of the molecule is CCN(CC1CCCO1)C(=O)C1CC(F)(F)CN1.Cl. The fraction of sp³-hybridized carbons (Fsp3) is 0.917. The standard InChI is InChI=1S/C12H20F2N2O2.ClH/c1-2-16(7-9-4-3-5-18-9)11(17)10-6-12(13,14)8-15-10;/h9-10,15H,2-8H2,1H3;1H. The van der Waals surface area contributed by atoms with Crippen LogP contribution in [-0.4, -0.2) is 55.1 Å². The van der Waals surface area contributed by atoms with Gasteiger partial charge in [0.15, 0.2) is 0 Å². The number of amides is 1. The van der Waals surface area contributed by atoms with Crippen molar-refractivity contribution in [2.75, 3.05) is 26.2 Å². The molecule has 0 saturated carbocycles. The molecule has 2 unspecified atom stereocenters. The van der Waals surface area contributed by atoms with Crippen LogP contribution in [0.25, 0.3) is 0 Å². The van der Waals surface area contributed by atoms with Gasteiger partial charge in [-0.2, -0.15) is 0 Å². The molecule has 0 aromatic rings. The van der Waals surface area contributed by atoms with Gasteiger partial charge in [-0.25, -0.2) is 8.78 Å². The van der Waals surface area contributed by atoms with E-state index in [1.165, 1.54) is 0 Å². The van der Waals surface area contributed by atoms with Gasteiger partial charge in [-0.15, -0.1) is 12.4 Å². The highest BCUT2D eigenvalue weighted by Gasteiger charge is 2.43. The van der Waals surface area contributed by atoms with E-state index >= 15 is 0 Å². The maximum absolute atomic E-state index is 13.1. The maximum atomic E-state index is 13.1. The Labute approximate surface area is 118 Å². The quantitative estimate of drug-likeness (QED) is 0.854. The normalized spacial score (nSPS) is 29.0. The lowest BCUT2D eigenvalue weighted by atomic mass is 10.1. The number of carbonyl (C=O) groups is 1. The molecule has 7 heteroatoms. The minimum atomic E-state index is -2.76. The maximum Gasteiger partial charge on any atom is 0.262 e. The Balaban J connectivity index is 0.00000180. The zero-order chi connectivity index (χ0) is 13.2. The number of carbonyl (C=O) groups excluding carboxylic acids is 1. The van der Waals surface area contributed by atoms with E-state index in [2.05, 4.69) is 5.32 Å². The minimum Gasteiger partial charge on any atom is -0.376 e. The number of hydrogen-bond donors (Lipinski definition) is 1. The van der Waals surface area contributed by atoms with E-state index in [9.17, 15) is 13.6 Å². The summed E-state index contributed by atoms with van der Waals surface area (Å²) in [6.07, 6.45) is 1.62. The Bertz CT molecular complexity index is 312. The molecule has 2 atom stereocenters. The van der Waals surface area contributed by atoms with E-state index < -0.39 is 24.9 Å². The van der Waals surface area contributed by atoms with Crippen molar-refractivity contribution in [1.82, 2.24) is 10.2 Å². The van der Waals surface area contributed by atoms with Gasteiger partial charge >= 0.3 is 0 Å². The van der Waals surface area contributed by atoms with Gasteiger partial charge in [0, 0.05) is 26.1 Å². The molecule has 2 heterocycles. The number of hydrogen-bond acceptors (Lipinski definition) is 3. The number of nitrogens with zero attached hydrogens (tertiary/aromatic N) is 1. The van der Waals surface area contributed by atoms with Gasteiger partial charge in [0.05, 0.1) is 18.7 Å². The minimum absolute atomic E-state index is 0. The molecule has 2 fully saturated rings. The van der Waals surface area contributed by atoms with Crippen molar-refractivity contribution in [1.29, 1.82) is 0 Å². The molecule has 0 aromatic heterocycles. The second kappa shape index (κ2) is 6.81.